The molecule has 158 valence electrons. The number of Topliss-reactive ketones (excluding diaryl/α,β-unsaturated/α-hetero) is 1. The fraction of sp³-hybridized carbons (Fsp3) is 0.320. The predicted octanol–water partition coefficient (Wildman–Crippen LogP) is 4.79. The number of hydrogen-bond donors (Lipinski definition) is 3. The zero-order valence-corrected chi connectivity index (χ0v) is 17.6. The summed E-state index contributed by atoms with van der Waals surface area (Å²) in [5.74, 6) is 0.446. The van der Waals surface area contributed by atoms with Crippen LogP contribution in [-0.2, 0) is 12.8 Å². The molecule has 0 aromatic heterocycles. The molecule has 0 saturated carbocycles. The van der Waals surface area contributed by atoms with Crippen molar-refractivity contribution in [2.45, 2.75) is 52.2 Å². The molecule has 1 aliphatic heterocycles. The number of phenolic OH excluding ortho intramolecular Hbond substituents is 2. The maximum atomic E-state index is 12.6. The van der Waals surface area contributed by atoms with Gasteiger partial charge in [0.1, 0.15) is 23.4 Å². The van der Waals surface area contributed by atoms with Gasteiger partial charge in [-0.25, -0.2) is 0 Å². The number of carbonyl (C=O) groups excluding carboxylic acids is 1. The van der Waals surface area contributed by atoms with Crippen LogP contribution in [0.25, 0.3) is 0 Å². The summed E-state index contributed by atoms with van der Waals surface area (Å²) in [5, 5.41) is 30.8. The van der Waals surface area contributed by atoms with Gasteiger partial charge in [0.15, 0.2) is 5.78 Å². The number of fused-ring (bicyclic) bond motifs is 1. The normalized spacial score (nSPS) is 16.4. The van der Waals surface area contributed by atoms with Crippen LogP contribution >= 0.6 is 0 Å². The number of aromatic hydroxyl groups is 2. The molecule has 0 aliphatic carbocycles. The lowest BCUT2D eigenvalue weighted by Gasteiger charge is -2.27. The fourth-order valence-electron chi connectivity index (χ4n) is 3.48. The van der Waals surface area contributed by atoms with Crippen molar-refractivity contribution in [3.05, 3.63) is 76.4 Å². The molecule has 0 bridgehead atoms. The van der Waals surface area contributed by atoms with Crippen molar-refractivity contribution in [1.82, 2.24) is 0 Å². The number of rotatable bonds is 6. The van der Waals surface area contributed by atoms with Gasteiger partial charge < -0.3 is 20.1 Å². The van der Waals surface area contributed by atoms with E-state index in [1.54, 1.807) is 19.1 Å². The second kappa shape index (κ2) is 8.76. The molecule has 1 heterocycles. The van der Waals surface area contributed by atoms with Crippen molar-refractivity contribution in [3.63, 3.8) is 0 Å². The third-order valence-corrected chi connectivity index (χ3v) is 5.28. The van der Waals surface area contributed by atoms with Gasteiger partial charge in [0.2, 0.25) is 0 Å². The summed E-state index contributed by atoms with van der Waals surface area (Å²) in [6.07, 6.45) is 1.59. The van der Waals surface area contributed by atoms with Crippen LogP contribution in [0, 0.1) is 0 Å². The Morgan fingerprint density at radius 2 is 1.90 bits per heavy atom. The van der Waals surface area contributed by atoms with E-state index in [1.165, 1.54) is 12.1 Å². The quantitative estimate of drug-likeness (QED) is 0.598. The highest BCUT2D eigenvalue weighted by molar-refractivity contribution is 6.00. The Hall–Kier alpha value is -3.05. The predicted molar refractivity (Wildman–Crippen MR) is 116 cm³/mol. The van der Waals surface area contributed by atoms with Crippen molar-refractivity contribution in [1.29, 1.82) is 0 Å². The smallest absolute Gasteiger partial charge is 0.170 e. The Morgan fingerprint density at radius 1 is 1.20 bits per heavy atom. The molecule has 0 radical (unpaired) electrons. The number of benzene rings is 2. The van der Waals surface area contributed by atoms with Crippen molar-refractivity contribution in [2.75, 3.05) is 0 Å². The van der Waals surface area contributed by atoms with Gasteiger partial charge in [-0.05, 0) is 68.1 Å². The van der Waals surface area contributed by atoms with Crippen molar-refractivity contribution in [3.8, 4) is 17.2 Å². The van der Waals surface area contributed by atoms with Gasteiger partial charge in [-0.1, -0.05) is 23.8 Å². The second-order valence-electron chi connectivity index (χ2n) is 8.15. The molecule has 0 saturated heterocycles. The van der Waals surface area contributed by atoms with Gasteiger partial charge in [0.25, 0.3) is 0 Å². The molecule has 5 heteroatoms. The number of hydrogen-bond acceptors (Lipinski definition) is 5. The Labute approximate surface area is 177 Å². The molecule has 0 fully saturated rings. The summed E-state index contributed by atoms with van der Waals surface area (Å²) in [5.41, 5.74) is 4.21. The molecule has 3 N–H and O–H groups in total. The van der Waals surface area contributed by atoms with E-state index in [4.69, 9.17) is 4.74 Å². The molecular formula is C25H28O5. The van der Waals surface area contributed by atoms with Crippen LogP contribution in [0.1, 0.15) is 60.3 Å². The average molecular weight is 408 g/mol. The highest BCUT2D eigenvalue weighted by Gasteiger charge is 2.29. The zero-order chi connectivity index (χ0) is 22.0. The first-order chi connectivity index (χ1) is 14.2. The van der Waals surface area contributed by atoms with Crippen molar-refractivity contribution >= 4 is 5.78 Å². The van der Waals surface area contributed by atoms with Crippen molar-refractivity contribution < 1.29 is 24.9 Å². The lowest BCUT2D eigenvalue weighted by Crippen LogP contribution is -2.21. The van der Waals surface area contributed by atoms with Gasteiger partial charge in [-0.3, -0.25) is 4.79 Å². The monoisotopic (exact) mass is 408 g/mol. The van der Waals surface area contributed by atoms with Crippen LogP contribution in [0.15, 0.2) is 54.1 Å². The van der Waals surface area contributed by atoms with Crippen LogP contribution in [0.4, 0.5) is 0 Å². The minimum Gasteiger partial charge on any atom is -0.508 e. The average Bonchev–Trinajstić information content (AvgIpc) is 2.67. The summed E-state index contributed by atoms with van der Waals surface area (Å²) in [4.78, 5) is 12.6. The van der Waals surface area contributed by atoms with E-state index in [9.17, 15) is 20.1 Å². The lowest BCUT2D eigenvalue weighted by atomic mass is 9.90. The van der Waals surface area contributed by atoms with E-state index in [-0.39, 0.29) is 30.1 Å². The van der Waals surface area contributed by atoms with E-state index in [0.29, 0.717) is 34.4 Å². The molecule has 5 nitrogen and oxygen atoms in total. The van der Waals surface area contributed by atoms with Crippen molar-refractivity contribution in [2.24, 2.45) is 0 Å². The topological polar surface area (TPSA) is 87.0 Å². The summed E-state index contributed by atoms with van der Waals surface area (Å²) < 4.78 is 6.04. The fourth-order valence-corrected chi connectivity index (χ4v) is 3.48. The van der Waals surface area contributed by atoms with Gasteiger partial charge >= 0.3 is 0 Å². The first-order valence-corrected chi connectivity index (χ1v) is 10.00. The van der Waals surface area contributed by atoms with Gasteiger partial charge in [0, 0.05) is 12.5 Å². The highest BCUT2D eigenvalue weighted by Crippen LogP contribution is 2.39. The van der Waals surface area contributed by atoms with Gasteiger partial charge in [0.05, 0.1) is 18.1 Å². The number of carbonyl (C=O) groups is 1. The third-order valence-electron chi connectivity index (χ3n) is 5.28. The number of aliphatic hydroxyl groups excluding tert-OH is 1. The molecule has 3 rings (SSSR count). The Bertz CT molecular complexity index is 1010. The third kappa shape index (κ3) is 4.74. The lowest BCUT2D eigenvalue weighted by molar-refractivity contribution is 0.0849. The van der Waals surface area contributed by atoms with Crippen LogP contribution < -0.4 is 4.74 Å². The number of aliphatic hydroxyl groups is 1. The first kappa shape index (κ1) is 21.7. The molecule has 2 aromatic rings. The summed E-state index contributed by atoms with van der Waals surface area (Å²) in [6, 6.07) is 8.09. The summed E-state index contributed by atoms with van der Waals surface area (Å²) >= 11 is 0. The highest BCUT2D eigenvalue weighted by atomic mass is 16.5. The Kier molecular flexibility index (Phi) is 6.32. The van der Waals surface area contributed by atoms with Crippen LogP contribution in [0.2, 0.25) is 0 Å². The van der Waals surface area contributed by atoms with Crippen LogP contribution in [-0.4, -0.2) is 27.2 Å². The van der Waals surface area contributed by atoms with E-state index in [1.807, 2.05) is 26.0 Å². The largest absolute Gasteiger partial charge is 0.508 e. The Balaban J connectivity index is 2.02. The molecule has 30 heavy (non-hydrogen) atoms. The minimum atomic E-state index is -0.783. The number of phenols is 2. The molecular weight excluding hydrogens is 380 g/mol. The van der Waals surface area contributed by atoms with E-state index in [0.717, 1.165) is 11.1 Å². The van der Waals surface area contributed by atoms with E-state index in [2.05, 4.69) is 6.58 Å². The molecule has 0 amide bonds. The molecule has 2 aromatic carbocycles. The second-order valence-corrected chi connectivity index (χ2v) is 8.15. The van der Waals surface area contributed by atoms with Gasteiger partial charge in [-0.2, -0.15) is 0 Å². The number of ketones is 1. The summed E-state index contributed by atoms with van der Waals surface area (Å²) in [6.45, 7) is 9.49. The van der Waals surface area contributed by atoms with E-state index < -0.39 is 12.2 Å². The van der Waals surface area contributed by atoms with Gasteiger partial charge in [-0.15, -0.1) is 0 Å². The molecule has 2 unspecified atom stereocenters. The molecule has 2 atom stereocenters. The minimum absolute atomic E-state index is 0.0300. The number of ether oxygens (including phenoxy) is 1. The zero-order valence-electron chi connectivity index (χ0n) is 17.6. The molecule has 1 aliphatic rings. The number of allylic oxidation sites excluding steroid dienone is 2. The maximum Gasteiger partial charge on any atom is 0.170 e. The standard InChI is InChI=1S/C25H28O5/c1-14(2)5-6-16-9-17(10-18(25(16)29)11-21(27)15(3)4)23-13-22(28)20-8-7-19(26)12-24(20)30-23/h5,7-10,12,21,23,26-27,29H,3,6,11,13H2,1-2,4H3. The maximum absolute atomic E-state index is 12.6. The van der Waals surface area contributed by atoms with E-state index >= 15 is 0 Å². The molecule has 0 spiro atoms. The summed E-state index contributed by atoms with van der Waals surface area (Å²) in [7, 11) is 0. The first-order valence-electron chi connectivity index (χ1n) is 10.00. The van der Waals surface area contributed by atoms with Crippen LogP contribution in [0.3, 0.4) is 0 Å². The van der Waals surface area contributed by atoms with Crippen LogP contribution in [0.5, 0.6) is 17.2 Å². The Morgan fingerprint density at radius 3 is 2.57 bits per heavy atom. The SMILES string of the molecule is C=C(C)C(O)Cc1cc(C2CC(=O)c3ccc(O)cc3O2)cc(CC=C(C)C)c1O.